The molecular weight excluding hydrogens is 368 g/mol. The lowest BCUT2D eigenvalue weighted by atomic mass is 9.95. The Kier molecular flexibility index (Phi) is 6.09. The van der Waals surface area contributed by atoms with Gasteiger partial charge >= 0.3 is 0 Å². The number of amides is 1. The first-order valence-corrected chi connectivity index (χ1v) is 9.98. The zero-order valence-electron chi connectivity index (χ0n) is 16.3. The zero-order valence-corrected chi connectivity index (χ0v) is 16.3. The summed E-state index contributed by atoms with van der Waals surface area (Å²) >= 11 is 0. The number of hydrogen-bond acceptors (Lipinski definition) is 5. The van der Waals surface area contributed by atoms with Crippen molar-refractivity contribution in [2.24, 2.45) is 5.92 Å². The molecule has 2 fully saturated rings. The molecule has 0 saturated carbocycles. The lowest BCUT2D eigenvalue weighted by Gasteiger charge is -2.34. The number of likely N-dealkylation sites (tertiary alicyclic amines) is 1. The molecule has 0 aliphatic carbocycles. The van der Waals surface area contributed by atoms with Crippen molar-refractivity contribution in [1.29, 1.82) is 5.26 Å². The maximum Gasteiger partial charge on any atom is 0.253 e. The molecule has 0 spiro atoms. The van der Waals surface area contributed by atoms with E-state index in [9.17, 15) is 10.1 Å². The SMILES string of the molecule is N#Cc1ccccc1COc1cccc(C(=O)N2CCC(C3OCCO3)CC2)c1. The molecule has 4 rings (SSSR count). The van der Waals surface area contributed by atoms with Gasteiger partial charge in [-0.3, -0.25) is 4.79 Å². The van der Waals surface area contributed by atoms with E-state index >= 15 is 0 Å². The third-order valence-electron chi connectivity index (χ3n) is 5.47. The van der Waals surface area contributed by atoms with E-state index in [1.165, 1.54) is 0 Å². The molecule has 2 saturated heterocycles. The highest BCUT2D eigenvalue weighted by Crippen LogP contribution is 2.27. The highest BCUT2D eigenvalue weighted by molar-refractivity contribution is 5.94. The van der Waals surface area contributed by atoms with Crippen molar-refractivity contribution in [3.8, 4) is 11.8 Å². The number of ether oxygens (including phenoxy) is 3. The first kappa shape index (κ1) is 19.4. The van der Waals surface area contributed by atoms with Crippen molar-refractivity contribution < 1.29 is 19.0 Å². The van der Waals surface area contributed by atoms with Gasteiger partial charge in [0.15, 0.2) is 6.29 Å². The van der Waals surface area contributed by atoms with Crippen LogP contribution in [-0.4, -0.2) is 43.4 Å². The molecule has 0 radical (unpaired) electrons. The Labute approximate surface area is 170 Å². The summed E-state index contributed by atoms with van der Waals surface area (Å²) in [5, 5.41) is 9.19. The maximum absolute atomic E-state index is 12.9. The van der Waals surface area contributed by atoms with Crippen molar-refractivity contribution >= 4 is 5.91 Å². The predicted octanol–water partition coefficient (Wildman–Crippen LogP) is 3.36. The van der Waals surface area contributed by atoms with E-state index in [1.807, 2.05) is 41.3 Å². The molecule has 2 aliphatic heterocycles. The molecule has 2 aromatic rings. The summed E-state index contributed by atoms with van der Waals surface area (Å²) in [6.45, 7) is 3.01. The second kappa shape index (κ2) is 9.08. The molecule has 0 unspecified atom stereocenters. The molecule has 150 valence electrons. The summed E-state index contributed by atoms with van der Waals surface area (Å²) in [5.74, 6) is 0.988. The third-order valence-corrected chi connectivity index (χ3v) is 5.47. The number of hydrogen-bond donors (Lipinski definition) is 0. The molecule has 6 heteroatoms. The largest absolute Gasteiger partial charge is 0.489 e. The van der Waals surface area contributed by atoms with Crippen molar-refractivity contribution in [3.63, 3.8) is 0 Å². The molecule has 2 aromatic carbocycles. The van der Waals surface area contributed by atoms with E-state index in [-0.39, 0.29) is 18.8 Å². The summed E-state index contributed by atoms with van der Waals surface area (Å²) < 4.78 is 17.1. The standard InChI is InChI=1S/C23H24N2O4/c24-15-19-4-1-2-5-20(19)16-29-21-7-3-6-18(14-21)22(26)25-10-8-17(9-11-25)23-27-12-13-28-23/h1-7,14,17,23H,8-13,16H2. The lowest BCUT2D eigenvalue weighted by Crippen LogP contribution is -2.41. The molecule has 0 atom stereocenters. The van der Waals surface area contributed by atoms with E-state index in [4.69, 9.17) is 14.2 Å². The van der Waals surface area contributed by atoms with Gasteiger partial charge in [-0.15, -0.1) is 0 Å². The fourth-order valence-corrected chi connectivity index (χ4v) is 3.84. The highest BCUT2D eigenvalue weighted by atomic mass is 16.7. The third kappa shape index (κ3) is 4.58. The van der Waals surface area contributed by atoms with E-state index in [0.29, 0.717) is 49.1 Å². The van der Waals surface area contributed by atoms with Crippen LogP contribution in [0.1, 0.15) is 34.3 Å². The number of nitriles is 1. The average molecular weight is 392 g/mol. The fraction of sp³-hybridized carbons (Fsp3) is 0.391. The summed E-state index contributed by atoms with van der Waals surface area (Å²) in [7, 11) is 0. The minimum absolute atomic E-state index is 0.0135. The highest BCUT2D eigenvalue weighted by Gasteiger charge is 2.32. The molecule has 1 amide bonds. The minimum Gasteiger partial charge on any atom is -0.489 e. The molecule has 2 heterocycles. The second-order valence-corrected chi connectivity index (χ2v) is 7.33. The Morgan fingerprint density at radius 1 is 1.10 bits per heavy atom. The Morgan fingerprint density at radius 3 is 2.62 bits per heavy atom. The van der Waals surface area contributed by atoms with Crippen LogP contribution < -0.4 is 4.74 Å². The molecule has 0 aromatic heterocycles. The average Bonchev–Trinajstić information content (AvgIpc) is 3.33. The van der Waals surface area contributed by atoms with Crippen LogP contribution in [0.25, 0.3) is 0 Å². The number of carbonyl (C=O) groups excluding carboxylic acids is 1. The zero-order chi connectivity index (χ0) is 20.1. The summed E-state index contributed by atoms with van der Waals surface area (Å²) in [6, 6.07) is 16.8. The maximum atomic E-state index is 12.9. The van der Waals surface area contributed by atoms with Crippen LogP contribution in [0.2, 0.25) is 0 Å². The molecule has 0 N–H and O–H groups in total. The minimum atomic E-state index is -0.111. The van der Waals surface area contributed by atoms with Gasteiger partial charge in [-0.1, -0.05) is 24.3 Å². The number of carbonyl (C=O) groups is 1. The Bertz CT molecular complexity index is 894. The summed E-state index contributed by atoms with van der Waals surface area (Å²) in [5.41, 5.74) is 2.03. The van der Waals surface area contributed by atoms with Crippen molar-refractivity contribution in [2.45, 2.75) is 25.7 Å². The molecule has 0 bridgehead atoms. The van der Waals surface area contributed by atoms with Gasteiger partial charge in [-0.2, -0.15) is 5.26 Å². The fourth-order valence-electron chi connectivity index (χ4n) is 3.84. The van der Waals surface area contributed by atoms with Gasteiger partial charge < -0.3 is 19.1 Å². The molecule has 6 nitrogen and oxygen atoms in total. The Balaban J connectivity index is 1.36. The normalized spacial score (nSPS) is 17.8. The van der Waals surface area contributed by atoms with Crippen molar-refractivity contribution in [2.75, 3.05) is 26.3 Å². The first-order valence-electron chi connectivity index (χ1n) is 9.98. The van der Waals surface area contributed by atoms with Crippen LogP contribution in [0, 0.1) is 17.2 Å². The van der Waals surface area contributed by atoms with Crippen LogP contribution >= 0.6 is 0 Å². The van der Waals surface area contributed by atoms with E-state index < -0.39 is 0 Å². The summed E-state index contributed by atoms with van der Waals surface area (Å²) in [6.07, 6.45) is 1.66. The van der Waals surface area contributed by atoms with Crippen molar-refractivity contribution in [3.05, 3.63) is 65.2 Å². The smallest absolute Gasteiger partial charge is 0.253 e. The van der Waals surface area contributed by atoms with Gasteiger partial charge in [0, 0.05) is 30.1 Å². The monoisotopic (exact) mass is 392 g/mol. The van der Waals surface area contributed by atoms with Gasteiger partial charge in [0.1, 0.15) is 12.4 Å². The topological polar surface area (TPSA) is 71.8 Å². The van der Waals surface area contributed by atoms with Gasteiger partial charge in [0.25, 0.3) is 5.91 Å². The van der Waals surface area contributed by atoms with Crippen LogP contribution in [-0.2, 0) is 16.1 Å². The summed E-state index contributed by atoms with van der Waals surface area (Å²) in [4.78, 5) is 14.8. The number of nitrogens with zero attached hydrogens (tertiary/aromatic N) is 2. The lowest BCUT2D eigenvalue weighted by molar-refractivity contribution is -0.0956. The van der Waals surface area contributed by atoms with Gasteiger partial charge in [-0.05, 0) is 37.1 Å². The molecule has 29 heavy (non-hydrogen) atoms. The van der Waals surface area contributed by atoms with Gasteiger partial charge in [0.05, 0.1) is 24.8 Å². The van der Waals surface area contributed by atoms with Crippen LogP contribution in [0.5, 0.6) is 5.75 Å². The second-order valence-electron chi connectivity index (χ2n) is 7.33. The van der Waals surface area contributed by atoms with E-state index in [0.717, 1.165) is 18.4 Å². The van der Waals surface area contributed by atoms with Crippen molar-refractivity contribution in [1.82, 2.24) is 4.90 Å². The Morgan fingerprint density at radius 2 is 1.86 bits per heavy atom. The molecule has 2 aliphatic rings. The van der Waals surface area contributed by atoms with Crippen LogP contribution in [0.3, 0.4) is 0 Å². The first-order chi connectivity index (χ1) is 14.2. The van der Waals surface area contributed by atoms with Crippen LogP contribution in [0.4, 0.5) is 0 Å². The quantitative estimate of drug-likeness (QED) is 0.780. The van der Waals surface area contributed by atoms with E-state index in [2.05, 4.69) is 6.07 Å². The van der Waals surface area contributed by atoms with Gasteiger partial charge in [0.2, 0.25) is 0 Å². The molecular formula is C23H24N2O4. The number of piperidine rings is 1. The van der Waals surface area contributed by atoms with E-state index in [1.54, 1.807) is 12.1 Å². The predicted molar refractivity (Wildman–Crippen MR) is 106 cm³/mol. The Hall–Kier alpha value is -2.88. The van der Waals surface area contributed by atoms with Gasteiger partial charge in [-0.25, -0.2) is 0 Å². The van der Waals surface area contributed by atoms with Crippen LogP contribution in [0.15, 0.2) is 48.5 Å². The number of benzene rings is 2. The number of rotatable bonds is 5.